The van der Waals surface area contributed by atoms with E-state index >= 15 is 0 Å². The number of fused-ring (bicyclic) bond motifs is 1. The molecule has 0 fully saturated rings. The summed E-state index contributed by atoms with van der Waals surface area (Å²) in [5, 5.41) is 3.86. The summed E-state index contributed by atoms with van der Waals surface area (Å²) in [6.07, 6.45) is 1.73. The highest BCUT2D eigenvalue weighted by molar-refractivity contribution is 6.08. The molecular formula is C24H21N3O. The van der Waals surface area contributed by atoms with Crippen LogP contribution in [0.2, 0.25) is 0 Å². The fourth-order valence-corrected chi connectivity index (χ4v) is 3.35. The van der Waals surface area contributed by atoms with E-state index < -0.39 is 0 Å². The Labute approximate surface area is 164 Å². The maximum Gasteiger partial charge on any atom is 0.252 e. The third-order valence-electron chi connectivity index (χ3n) is 4.84. The molecule has 4 heteroatoms. The summed E-state index contributed by atoms with van der Waals surface area (Å²) in [6, 6.07) is 21.7. The number of amides is 1. The molecule has 1 N–H and O–H groups in total. The zero-order valence-electron chi connectivity index (χ0n) is 15.9. The molecule has 1 amide bonds. The highest BCUT2D eigenvalue weighted by Crippen LogP contribution is 2.29. The fourth-order valence-electron chi connectivity index (χ4n) is 3.35. The lowest BCUT2D eigenvalue weighted by Gasteiger charge is -2.15. The lowest BCUT2D eigenvalue weighted by molar-refractivity contribution is 0.0951. The van der Waals surface area contributed by atoms with Crippen molar-refractivity contribution < 1.29 is 4.79 Å². The van der Waals surface area contributed by atoms with E-state index in [0.29, 0.717) is 12.1 Å². The van der Waals surface area contributed by atoms with Gasteiger partial charge in [-0.1, -0.05) is 54.1 Å². The standard InChI is InChI=1S/C24H21N3O/c1-16-10-12-18(13-11-16)23-17(2)22(20-8-3-4-9-21(20)27-23)24(28)26-15-19-7-5-6-14-25-19/h3-14H,15H2,1-2H3,(H,26,28). The molecule has 2 heterocycles. The smallest absolute Gasteiger partial charge is 0.252 e. The van der Waals surface area contributed by atoms with Crippen molar-refractivity contribution in [2.45, 2.75) is 20.4 Å². The lowest BCUT2D eigenvalue weighted by Crippen LogP contribution is -2.24. The van der Waals surface area contributed by atoms with Crippen molar-refractivity contribution in [1.82, 2.24) is 15.3 Å². The van der Waals surface area contributed by atoms with Crippen LogP contribution in [0.3, 0.4) is 0 Å². The zero-order valence-corrected chi connectivity index (χ0v) is 15.9. The van der Waals surface area contributed by atoms with Crippen LogP contribution in [0.1, 0.15) is 27.2 Å². The summed E-state index contributed by atoms with van der Waals surface area (Å²) in [5.41, 5.74) is 6.21. The Hall–Kier alpha value is -3.53. The Morgan fingerprint density at radius 3 is 2.43 bits per heavy atom. The van der Waals surface area contributed by atoms with Gasteiger partial charge < -0.3 is 5.32 Å². The topological polar surface area (TPSA) is 54.9 Å². The minimum Gasteiger partial charge on any atom is -0.346 e. The summed E-state index contributed by atoms with van der Waals surface area (Å²) in [7, 11) is 0. The van der Waals surface area contributed by atoms with Gasteiger partial charge in [0.2, 0.25) is 0 Å². The summed E-state index contributed by atoms with van der Waals surface area (Å²) in [4.78, 5) is 22.2. The highest BCUT2D eigenvalue weighted by Gasteiger charge is 2.18. The first-order valence-electron chi connectivity index (χ1n) is 9.28. The number of hydrogen-bond donors (Lipinski definition) is 1. The molecule has 2 aromatic carbocycles. The summed E-state index contributed by atoms with van der Waals surface area (Å²) in [6.45, 7) is 4.40. The maximum absolute atomic E-state index is 13.1. The highest BCUT2D eigenvalue weighted by atomic mass is 16.1. The SMILES string of the molecule is Cc1ccc(-c2nc3ccccc3c(C(=O)NCc3ccccn3)c2C)cc1. The van der Waals surface area contributed by atoms with Gasteiger partial charge in [-0.05, 0) is 37.6 Å². The first-order valence-corrected chi connectivity index (χ1v) is 9.28. The number of para-hydroxylation sites is 1. The van der Waals surface area contributed by atoms with Gasteiger partial charge in [0.25, 0.3) is 5.91 Å². The van der Waals surface area contributed by atoms with Crippen LogP contribution in [-0.4, -0.2) is 15.9 Å². The number of hydrogen-bond acceptors (Lipinski definition) is 3. The van der Waals surface area contributed by atoms with Gasteiger partial charge in [-0.2, -0.15) is 0 Å². The quantitative estimate of drug-likeness (QED) is 0.561. The van der Waals surface area contributed by atoms with E-state index in [-0.39, 0.29) is 5.91 Å². The molecule has 4 nitrogen and oxygen atoms in total. The van der Waals surface area contributed by atoms with Gasteiger partial charge >= 0.3 is 0 Å². The normalized spacial score (nSPS) is 10.8. The molecule has 0 saturated heterocycles. The number of carbonyl (C=O) groups is 1. The van der Waals surface area contributed by atoms with Crippen LogP contribution in [0.25, 0.3) is 22.2 Å². The second kappa shape index (κ2) is 7.61. The summed E-state index contributed by atoms with van der Waals surface area (Å²) >= 11 is 0. The average molecular weight is 367 g/mol. The Morgan fingerprint density at radius 2 is 1.68 bits per heavy atom. The van der Waals surface area contributed by atoms with E-state index in [1.54, 1.807) is 6.20 Å². The Morgan fingerprint density at radius 1 is 0.929 bits per heavy atom. The molecule has 138 valence electrons. The fraction of sp³-hybridized carbons (Fsp3) is 0.125. The summed E-state index contributed by atoms with van der Waals surface area (Å²) < 4.78 is 0. The van der Waals surface area contributed by atoms with Crippen molar-refractivity contribution in [1.29, 1.82) is 0 Å². The minimum absolute atomic E-state index is 0.116. The molecule has 0 saturated carbocycles. The van der Waals surface area contributed by atoms with Gasteiger partial charge in [-0.25, -0.2) is 4.98 Å². The van der Waals surface area contributed by atoms with E-state index in [1.807, 2.05) is 49.4 Å². The van der Waals surface area contributed by atoms with Gasteiger partial charge in [0.1, 0.15) is 0 Å². The molecule has 0 bridgehead atoms. The van der Waals surface area contributed by atoms with Crippen LogP contribution in [0.5, 0.6) is 0 Å². The van der Waals surface area contributed by atoms with Crippen LogP contribution in [-0.2, 0) is 6.54 Å². The Balaban J connectivity index is 1.78. The number of nitrogens with one attached hydrogen (secondary N) is 1. The van der Waals surface area contributed by atoms with Crippen molar-refractivity contribution in [3.05, 3.63) is 95.3 Å². The van der Waals surface area contributed by atoms with E-state index in [2.05, 4.69) is 41.5 Å². The molecule has 0 radical (unpaired) electrons. The predicted molar refractivity (Wildman–Crippen MR) is 112 cm³/mol. The van der Waals surface area contributed by atoms with E-state index in [4.69, 9.17) is 4.98 Å². The third-order valence-corrected chi connectivity index (χ3v) is 4.84. The molecule has 0 unspecified atom stereocenters. The summed E-state index contributed by atoms with van der Waals surface area (Å²) in [5.74, 6) is -0.116. The second-order valence-electron chi connectivity index (χ2n) is 6.85. The van der Waals surface area contributed by atoms with Crippen LogP contribution in [0.15, 0.2) is 72.9 Å². The Kier molecular flexibility index (Phi) is 4.85. The van der Waals surface area contributed by atoms with Gasteiger partial charge in [0.05, 0.1) is 29.0 Å². The van der Waals surface area contributed by atoms with Gasteiger partial charge in [-0.3, -0.25) is 9.78 Å². The van der Waals surface area contributed by atoms with Crippen LogP contribution in [0, 0.1) is 13.8 Å². The lowest BCUT2D eigenvalue weighted by atomic mass is 9.96. The average Bonchev–Trinajstić information content (AvgIpc) is 2.73. The van der Waals surface area contributed by atoms with Crippen molar-refractivity contribution in [3.63, 3.8) is 0 Å². The molecule has 0 aliphatic heterocycles. The van der Waals surface area contributed by atoms with Crippen LogP contribution < -0.4 is 5.32 Å². The first-order chi connectivity index (χ1) is 13.6. The molecule has 4 rings (SSSR count). The molecule has 0 spiro atoms. The number of rotatable bonds is 4. The van der Waals surface area contributed by atoms with Crippen molar-refractivity contribution in [3.8, 4) is 11.3 Å². The number of aromatic nitrogens is 2. The zero-order chi connectivity index (χ0) is 19.5. The number of aryl methyl sites for hydroxylation is 1. The molecular weight excluding hydrogens is 346 g/mol. The Bertz CT molecular complexity index is 1140. The number of nitrogens with zero attached hydrogens (tertiary/aromatic N) is 2. The van der Waals surface area contributed by atoms with Crippen LogP contribution >= 0.6 is 0 Å². The van der Waals surface area contributed by atoms with Crippen molar-refractivity contribution in [2.24, 2.45) is 0 Å². The van der Waals surface area contributed by atoms with Gasteiger partial charge in [0, 0.05) is 17.1 Å². The van der Waals surface area contributed by atoms with Crippen molar-refractivity contribution in [2.75, 3.05) is 0 Å². The molecule has 0 aliphatic carbocycles. The first kappa shape index (κ1) is 17.9. The van der Waals surface area contributed by atoms with E-state index in [0.717, 1.165) is 33.4 Å². The minimum atomic E-state index is -0.116. The second-order valence-corrected chi connectivity index (χ2v) is 6.85. The van der Waals surface area contributed by atoms with Crippen molar-refractivity contribution >= 4 is 16.8 Å². The molecule has 28 heavy (non-hydrogen) atoms. The third kappa shape index (κ3) is 3.49. The molecule has 0 atom stereocenters. The largest absolute Gasteiger partial charge is 0.346 e. The molecule has 2 aromatic heterocycles. The van der Waals surface area contributed by atoms with Gasteiger partial charge in [-0.15, -0.1) is 0 Å². The van der Waals surface area contributed by atoms with E-state index in [1.165, 1.54) is 5.56 Å². The molecule has 0 aliphatic rings. The maximum atomic E-state index is 13.1. The van der Waals surface area contributed by atoms with Gasteiger partial charge in [0.15, 0.2) is 0 Å². The monoisotopic (exact) mass is 367 g/mol. The number of pyridine rings is 2. The predicted octanol–water partition coefficient (Wildman–Crippen LogP) is 4.84. The molecule has 4 aromatic rings. The number of carbonyl (C=O) groups excluding carboxylic acids is 1. The van der Waals surface area contributed by atoms with Crippen LogP contribution in [0.4, 0.5) is 0 Å². The van der Waals surface area contributed by atoms with E-state index in [9.17, 15) is 4.79 Å². The number of benzene rings is 2.